The number of imidazole rings is 1. The van der Waals surface area contributed by atoms with E-state index >= 15 is 0 Å². The van der Waals surface area contributed by atoms with E-state index < -0.39 is 0 Å². The number of rotatable bonds is 1. The summed E-state index contributed by atoms with van der Waals surface area (Å²) in [6.07, 6.45) is 1.64. The molecule has 0 radical (unpaired) electrons. The van der Waals surface area contributed by atoms with Gasteiger partial charge >= 0.3 is 0 Å². The van der Waals surface area contributed by atoms with Gasteiger partial charge in [-0.2, -0.15) is 0 Å². The Labute approximate surface area is 74.8 Å². The van der Waals surface area contributed by atoms with E-state index in [0.717, 1.165) is 5.52 Å². The van der Waals surface area contributed by atoms with Crippen molar-refractivity contribution in [1.82, 2.24) is 9.55 Å². The van der Waals surface area contributed by atoms with E-state index in [1.165, 1.54) is 13.2 Å². The van der Waals surface area contributed by atoms with Crippen LogP contribution in [0.4, 0.5) is 4.39 Å². The highest BCUT2D eigenvalue weighted by Gasteiger charge is 2.07. The number of nitrogens with zero attached hydrogens (tertiary/aromatic N) is 2. The van der Waals surface area contributed by atoms with Gasteiger partial charge in [-0.05, 0) is 0 Å². The first-order valence-corrected chi connectivity index (χ1v) is 3.87. The van der Waals surface area contributed by atoms with Crippen LogP contribution in [-0.4, -0.2) is 16.7 Å². The van der Waals surface area contributed by atoms with Gasteiger partial charge in [0, 0.05) is 19.2 Å². The second-order valence-electron chi connectivity index (χ2n) is 2.83. The van der Waals surface area contributed by atoms with Crippen molar-refractivity contribution in [3.05, 3.63) is 24.3 Å². The van der Waals surface area contributed by atoms with E-state index in [4.69, 9.17) is 4.74 Å². The number of aromatic nitrogens is 2. The summed E-state index contributed by atoms with van der Waals surface area (Å²) in [5, 5.41) is 0. The maximum Gasteiger partial charge on any atom is 0.167 e. The summed E-state index contributed by atoms with van der Waals surface area (Å²) in [6.45, 7) is 0. The molecule has 1 heterocycles. The second kappa shape index (κ2) is 2.73. The molecule has 2 aromatic rings. The van der Waals surface area contributed by atoms with Crippen molar-refractivity contribution in [3.63, 3.8) is 0 Å². The lowest BCUT2D eigenvalue weighted by molar-refractivity contribution is 0.387. The Kier molecular flexibility index (Phi) is 1.69. The third-order valence-corrected chi connectivity index (χ3v) is 2.00. The van der Waals surface area contributed by atoms with Gasteiger partial charge < -0.3 is 9.30 Å². The standard InChI is InChI=1S/C9H9FN2O/c1-12-5-11-7-3-6(10)9(13-2)4-8(7)12/h3-5H,1-2H3. The highest BCUT2D eigenvalue weighted by atomic mass is 19.1. The highest BCUT2D eigenvalue weighted by Crippen LogP contribution is 2.22. The van der Waals surface area contributed by atoms with E-state index in [1.807, 2.05) is 11.6 Å². The molecule has 0 bridgehead atoms. The van der Waals surface area contributed by atoms with Gasteiger partial charge in [-0.1, -0.05) is 0 Å². The van der Waals surface area contributed by atoms with Crippen molar-refractivity contribution >= 4 is 11.0 Å². The van der Waals surface area contributed by atoms with Gasteiger partial charge in [0.1, 0.15) is 0 Å². The Balaban J connectivity index is 2.77. The Bertz CT molecular complexity index is 450. The molecule has 1 aromatic carbocycles. The molecule has 0 aliphatic carbocycles. The molecule has 0 saturated carbocycles. The van der Waals surface area contributed by atoms with Gasteiger partial charge in [-0.3, -0.25) is 0 Å². The van der Waals surface area contributed by atoms with Crippen LogP contribution in [0.5, 0.6) is 5.75 Å². The maximum absolute atomic E-state index is 13.2. The minimum atomic E-state index is -0.381. The number of ether oxygens (including phenoxy) is 1. The summed E-state index contributed by atoms with van der Waals surface area (Å²) in [4.78, 5) is 4.02. The van der Waals surface area contributed by atoms with Gasteiger partial charge in [-0.25, -0.2) is 9.37 Å². The first-order chi connectivity index (χ1) is 6.22. The number of methoxy groups -OCH3 is 1. The van der Waals surface area contributed by atoms with E-state index in [1.54, 1.807) is 12.4 Å². The van der Waals surface area contributed by atoms with Crippen LogP contribution in [0.2, 0.25) is 0 Å². The van der Waals surface area contributed by atoms with Crippen LogP contribution in [-0.2, 0) is 7.05 Å². The highest BCUT2D eigenvalue weighted by molar-refractivity contribution is 5.77. The summed E-state index contributed by atoms with van der Waals surface area (Å²) in [6, 6.07) is 3.01. The average Bonchev–Trinajstić information content (AvgIpc) is 2.46. The van der Waals surface area contributed by atoms with Crippen LogP contribution in [0.1, 0.15) is 0 Å². The predicted octanol–water partition coefficient (Wildman–Crippen LogP) is 1.72. The lowest BCUT2D eigenvalue weighted by atomic mass is 10.3. The molecule has 0 saturated heterocycles. The zero-order valence-electron chi connectivity index (χ0n) is 7.41. The first-order valence-electron chi connectivity index (χ1n) is 3.87. The summed E-state index contributed by atoms with van der Waals surface area (Å²) in [7, 11) is 3.30. The van der Waals surface area contributed by atoms with E-state index in [9.17, 15) is 4.39 Å². The van der Waals surface area contributed by atoms with E-state index in [2.05, 4.69) is 4.98 Å². The minimum Gasteiger partial charge on any atom is -0.494 e. The van der Waals surface area contributed by atoms with Crippen molar-refractivity contribution < 1.29 is 9.13 Å². The fraction of sp³-hybridized carbons (Fsp3) is 0.222. The molecule has 0 fully saturated rings. The minimum absolute atomic E-state index is 0.246. The largest absolute Gasteiger partial charge is 0.494 e. The van der Waals surface area contributed by atoms with Gasteiger partial charge in [0.2, 0.25) is 0 Å². The van der Waals surface area contributed by atoms with Gasteiger partial charge in [0.05, 0.1) is 24.5 Å². The van der Waals surface area contributed by atoms with Crippen molar-refractivity contribution in [2.45, 2.75) is 0 Å². The molecule has 13 heavy (non-hydrogen) atoms. The lowest BCUT2D eigenvalue weighted by Gasteiger charge is -2.01. The van der Waals surface area contributed by atoms with Gasteiger partial charge in [-0.15, -0.1) is 0 Å². The molecule has 4 heteroatoms. The first kappa shape index (κ1) is 8.04. The Morgan fingerprint density at radius 3 is 2.92 bits per heavy atom. The third kappa shape index (κ3) is 1.14. The van der Waals surface area contributed by atoms with Crippen LogP contribution in [0.25, 0.3) is 11.0 Å². The molecule has 0 spiro atoms. The molecule has 0 amide bonds. The fourth-order valence-corrected chi connectivity index (χ4v) is 1.29. The van der Waals surface area contributed by atoms with Crippen LogP contribution in [0, 0.1) is 5.82 Å². The summed E-state index contributed by atoms with van der Waals surface area (Å²) < 4.78 is 19.8. The summed E-state index contributed by atoms with van der Waals surface area (Å²) in [5.41, 5.74) is 1.50. The summed E-state index contributed by atoms with van der Waals surface area (Å²) in [5.74, 6) is -0.134. The molecule has 3 nitrogen and oxygen atoms in total. The van der Waals surface area contributed by atoms with Crippen LogP contribution in [0.15, 0.2) is 18.5 Å². The maximum atomic E-state index is 13.2. The Morgan fingerprint density at radius 2 is 2.23 bits per heavy atom. The molecule has 2 rings (SSSR count). The topological polar surface area (TPSA) is 27.1 Å². The number of hydrogen-bond acceptors (Lipinski definition) is 2. The quantitative estimate of drug-likeness (QED) is 0.668. The number of benzene rings is 1. The number of halogens is 1. The number of fused-ring (bicyclic) bond motifs is 1. The third-order valence-electron chi connectivity index (χ3n) is 2.00. The smallest absolute Gasteiger partial charge is 0.167 e. The zero-order chi connectivity index (χ0) is 9.42. The van der Waals surface area contributed by atoms with Gasteiger partial charge in [0.15, 0.2) is 11.6 Å². The van der Waals surface area contributed by atoms with E-state index in [0.29, 0.717) is 5.52 Å². The molecule has 0 aliphatic heterocycles. The van der Waals surface area contributed by atoms with Crippen LogP contribution < -0.4 is 4.74 Å². The SMILES string of the molecule is COc1cc2c(cc1F)ncn2C. The molecule has 0 N–H and O–H groups in total. The normalized spacial score (nSPS) is 10.7. The fourth-order valence-electron chi connectivity index (χ4n) is 1.29. The van der Waals surface area contributed by atoms with Crippen molar-refractivity contribution in [1.29, 1.82) is 0 Å². The Morgan fingerprint density at radius 1 is 1.46 bits per heavy atom. The van der Waals surface area contributed by atoms with E-state index in [-0.39, 0.29) is 11.6 Å². The molecule has 68 valence electrons. The lowest BCUT2D eigenvalue weighted by Crippen LogP contribution is -1.90. The van der Waals surface area contributed by atoms with Crippen molar-refractivity contribution in [3.8, 4) is 5.75 Å². The zero-order valence-corrected chi connectivity index (χ0v) is 7.41. The van der Waals surface area contributed by atoms with Crippen molar-refractivity contribution in [2.75, 3.05) is 7.11 Å². The summed E-state index contributed by atoms with van der Waals surface area (Å²) >= 11 is 0. The molecular formula is C9H9FN2O. The van der Waals surface area contributed by atoms with Crippen LogP contribution in [0.3, 0.4) is 0 Å². The monoisotopic (exact) mass is 180 g/mol. The van der Waals surface area contributed by atoms with Crippen LogP contribution >= 0.6 is 0 Å². The molecule has 0 aliphatic rings. The van der Waals surface area contributed by atoms with Gasteiger partial charge in [0.25, 0.3) is 0 Å². The number of aryl methyl sites for hydroxylation is 1. The average molecular weight is 180 g/mol. The molecule has 0 atom stereocenters. The second-order valence-corrected chi connectivity index (χ2v) is 2.83. The number of hydrogen-bond donors (Lipinski definition) is 0. The molecular weight excluding hydrogens is 171 g/mol. The molecule has 0 unspecified atom stereocenters. The Hall–Kier alpha value is -1.58. The predicted molar refractivity (Wildman–Crippen MR) is 47.2 cm³/mol. The molecule has 1 aromatic heterocycles. The van der Waals surface area contributed by atoms with Crippen molar-refractivity contribution in [2.24, 2.45) is 7.05 Å².